The Balaban J connectivity index is 1.38. The van der Waals surface area contributed by atoms with Crippen LogP contribution in [0.5, 0.6) is 5.75 Å². The van der Waals surface area contributed by atoms with Crippen molar-refractivity contribution in [3.8, 4) is 5.75 Å². The van der Waals surface area contributed by atoms with Crippen LogP contribution in [0.4, 0.5) is 5.69 Å². The lowest BCUT2D eigenvalue weighted by molar-refractivity contribution is 0.0921. The van der Waals surface area contributed by atoms with Crippen molar-refractivity contribution in [2.24, 2.45) is 5.92 Å². The van der Waals surface area contributed by atoms with E-state index in [-0.39, 0.29) is 11.5 Å². The summed E-state index contributed by atoms with van der Waals surface area (Å²) >= 11 is 0. The molecule has 7 nitrogen and oxygen atoms in total. The molecule has 0 atom stereocenters. The molecule has 0 spiro atoms. The van der Waals surface area contributed by atoms with Crippen LogP contribution >= 0.6 is 0 Å². The minimum atomic E-state index is -0.438. The molecule has 2 aliphatic rings. The fourth-order valence-corrected chi connectivity index (χ4v) is 3.49. The maximum atomic E-state index is 12.9. The van der Waals surface area contributed by atoms with Crippen molar-refractivity contribution >= 4 is 23.4 Å². The van der Waals surface area contributed by atoms with E-state index in [1.165, 1.54) is 25.0 Å². The number of rotatable bonds is 10. The molecule has 2 aromatic carbocycles. The van der Waals surface area contributed by atoms with Crippen LogP contribution in [0.15, 0.2) is 42.5 Å². The summed E-state index contributed by atoms with van der Waals surface area (Å²) in [5.74, 6) is 0.282. The Morgan fingerprint density at radius 3 is 2.52 bits per heavy atom. The fourth-order valence-electron chi connectivity index (χ4n) is 3.49. The molecular formula is C24H26N2O5. The predicted molar refractivity (Wildman–Crippen MR) is 116 cm³/mol. The van der Waals surface area contributed by atoms with Gasteiger partial charge in [0.15, 0.2) is 0 Å². The first-order valence-corrected chi connectivity index (χ1v) is 10.7. The molecule has 1 saturated carbocycles. The number of nitrogens with one attached hydrogen (secondary N) is 1. The lowest BCUT2D eigenvalue weighted by atomic mass is 10.1. The highest BCUT2D eigenvalue weighted by molar-refractivity contribution is 6.34. The lowest BCUT2D eigenvalue weighted by Crippen LogP contribution is -2.29. The van der Waals surface area contributed by atoms with Crippen LogP contribution in [0, 0.1) is 5.92 Å². The molecule has 1 N–H and O–H groups in total. The Morgan fingerprint density at radius 1 is 1.06 bits per heavy atom. The molecule has 2 aromatic rings. The van der Waals surface area contributed by atoms with Gasteiger partial charge in [0.05, 0.1) is 23.4 Å². The monoisotopic (exact) mass is 422 g/mol. The Hall–Kier alpha value is -3.19. The average Bonchev–Trinajstić information content (AvgIpc) is 3.57. The molecule has 0 bridgehead atoms. The second kappa shape index (κ2) is 9.31. The number of carbonyl (C=O) groups excluding carboxylic acids is 3. The fraction of sp³-hybridized carbons (Fsp3) is 0.375. The molecule has 7 heteroatoms. The Bertz CT molecular complexity index is 982. The molecule has 1 fully saturated rings. The van der Waals surface area contributed by atoms with Gasteiger partial charge in [0.2, 0.25) is 0 Å². The van der Waals surface area contributed by atoms with Crippen molar-refractivity contribution in [3.63, 3.8) is 0 Å². The highest BCUT2D eigenvalue weighted by Gasteiger charge is 2.37. The minimum Gasteiger partial charge on any atom is -0.494 e. The van der Waals surface area contributed by atoms with Crippen LogP contribution in [0.3, 0.4) is 0 Å². The molecule has 1 aliphatic heterocycles. The second-order valence-corrected chi connectivity index (χ2v) is 7.76. The Labute approximate surface area is 181 Å². The van der Waals surface area contributed by atoms with E-state index in [9.17, 15) is 14.4 Å². The standard InChI is InChI=1S/C24H26N2O5/c1-2-31-19-9-7-18(8-10-19)26-23(28)20-11-6-17(14-21(20)24(26)29)22(27)25-12-3-13-30-15-16-4-5-16/h6-11,14,16H,2-5,12-13,15H2,1H3,(H,25,27). The van der Waals surface area contributed by atoms with Crippen LogP contribution in [0.1, 0.15) is 57.3 Å². The van der Waals surface area contributed by atoms with Gasteiger partial charge >= 0.3 is 0 Å². The van der Waals surface area contributed by atoms with E-state index >= 15 is 0 Å². The second-order valence-electron chi connectivity index (χ2n) is 7.76. The number of hydrogen-bond acceptors (Lipinski definition) is 5. The van der Waals surface area contributed by atoms with E-state index in [1.54, 1.807) is 30.3 Å². The first-order chi connectivity index (χ1) is 15.1. The summed E-state index contributed by atoms with van der Waals surface area (Å²) in [6.07, 6.45) is 3.24. The molecule has 1 aliphatic carbocycles. The van der Waals surface area contributed by atoms with Crippen molar-refractivity contribution in [2.45, 2.75) is 26.2 Å². The van der Waals surface area contributed by atoms with Crippen LogP contribution in [-0.2, 0) is 4.74 Å². The summed E-state index contributed by atoms with van der Waals surface area (Å²) in [6, 6.07) is 11.4. The maximum Gasteiger partial charge on any atom is 0.266 e. The topological polar surface area (TPSA) is 84.9 Å². The summed E-state index contributed by atoms with van der Waals surface area (Å²) in [5, 5.41) is 2.84. The molecule has 3 amide bonds. The van der Waals surface area contributed by atoms with Gasteiger partial charge in [-0.25, -0.2) is 4.90 Å². The number of ether oxygens (including phenoxy) is 2. The molecule has 162 valence electrons. The maximum absolute atomic E-state index is 12.9. The quantitative estimate of drug-likeness (QED) is 0.468. The van der Waals surface area contributed by atoms with Crippen LogP contribution in [0.2, 0.25) is 0 Å². The zero-order valence-corrected chi connectivity index (χ0v) is 17.6. The SMILES string of the molecule is CCOc1ccc(N2C(=O)c3ccc(C(=O)NCCCOCC4CC4)cc3C2=O)cc1. The van der Waals surface area contributed by atoms with E-state index in [0.29, 0.717) is 42.3 Å². The zero-order valence-electron chi connectivity index (χ0n) is 17.6. The van der Waals surface area contributed by atoms with E-state index in [1.807, 2.05) is 6.92 Å². The van der Waals surface area contributed by atoms with Crippen molar-refractivity contribution < 1.29 is 23.9 Å². The molecule has 0 aromatic heterocycles. The van der Waals surface area contributed by atoms with E-state index in [0.717, 1.165) is 23.8 Å². The smallest absolute Gasteiger partial charge is 0.266 e. The van der Waals surface area contributed by atoms with Gasteiger partial charge < -0.3 is 14.8 Å². The molecule has 0 radical (unpaired) electrons. The summed E-state index contributed by atoms with van der Waals surface area (Å²) in [7, 11) is 0. The molecular weight excluding hydrogens is 396 g/mol. The van der Waals surface area contributed by atoms with E-state index in [2.05, 4.69) is 5.32 Å². The Morgan fingerprint density at radius 2 is 1.81 bits per heavy atom. The van der Waals surface area contributed by atoms with Gasteiger partial charge in [-0.1, -0.05) is 0 Å². The van der Waals surface area contributed by atoms with Crippen molar-refractivity contribution in [1.29, 1.82) is 0 Å². The third-order valence-corrected chi connectivity index (χ3v) is 5.36. The van der Waals surface area contributed by atoms with Crippen LogP contribution in [0.25, 0.3) is 0 Å². The van der Waals surface area contributed by atoms with Crippen molar-refractivity contribution in [1.82, 2.24) is 5.32 Å². The summed E-state index contributed by atoms with van der Waals surface area (Å²) in [4.78, 5) is 39.3. The van der Waals surface area contributed by atoms with Gasteiger partial charge in [0, 0.05) is 25.3 Å². The third kappa shape index (κ3) is 4.77. The van der Waals surface area contributed by atoms with Gasteiger partial charge in [-0.3, -0.25) is 14.4 Å². The normalized spacial score (nSPS) is 15.2. The molecule has 0 unspecified atom stereocenters. The number of anilines is 1. The first kappa shape index (κ1) is 21.1. The number of hydrogen-bond donors (Lipinski definition) is 1. The lowest BCUT2D eigenvalue weighted by Gasteiger charge is -2.14. The van der Waals surface area contributed by atoms with Crippen molar-refractivity contribution in [3.05, 3.63) is 59.2 Å². The summed E-state index contributed by atoms with van der Waals surface area (Å²) in [5.41, 5.74) is 1.35. The zero-order chi connectivity index (χ0) is 21.8. The minimum absolute atomic E-state index is 0.235. The largest absolute Gasteiger partial charge is 0.494 e. The summed E-state index contributed by atoms with van der Waals surface area (Å²) < 4.78 is 11.0. The van der Waals surface area contributed by atoms with Crippen LogP contribution in [-0.4, -0.2) is 44.1 Å². The number of amides is 3. The third-order valence-electron chi connectivity index (χ3n) is 5.36. The molecule has 1 heterocycles. The van der Waals surface area contributed by atoms with Gasteiger partial charge in [-0.15, -0.1) is 0 Å². The van der Waals surface area contributed by atoms with Gasteiger partial charge in [0.25, 0.3) is 17.7 Å². The molecule has 0 saturated heterocycles. The first-order valence-electron chi connectivity index (χ1n) is 10.7. The number of imide groups is 1. The predicted octanol–water partition coefficient (Wildman–Crippen LogP) is 3.43. The Kier molecular flexibility index (Phi) is 6.32. The van der Waals surface area contributed by atoms with Gasteiger partial charge in [0.1, 0.15) is 5.75 Å². The molecule has 31 heavy (non-hydrogen) atoms. The number of fused-ring (bicyclic) bond motifs is 1. The van der Waals surface area contributed by atoms with E-state index < -0.39 is 11.8 Å². The highest BCUT2D eigenvalue weighted by atomic mass is 16.5. The average molecular weight is 422 g/mol. The number of nitrogens with zero attached hydrogens (tertiary/aromatic N) is 1. The molecule has 4 rings (SSSR count). The van der Waals surface area contributed by atoms with Gasteiger partial charge in [-0.2, -0.15) is 0 Å². The van der Waals surface area contributed by atoms with E-state index in [4.69, 9.17) is 9.47 Å². The van der Waals surface area contributed by atoms with Crippen molar-refractivity contribution in [2.75, 3.05) is 31.3 Å². The number of carbonyl (C=O) groups is 3. The van der Waals surface area contributed by atoms with Crippen LogP contribution < -0.4 is 15.0 Å². The van der Waals surface area contributed by atoms with Gasteiger partial charge in [-0.05, 0) is 74.6 Å². The highest BCUT2D eigenvalue weighted by Crippen LogP contribution is 2.30. The number of benzene rings is 2. The summed E-state index contributed by atoms with van der Waals surface area (Å²) in [6.45, 7) is 4.33.